The Morgan fingerprint density at radius 3 is 2.29 bits per heavy atom. The SMILES string of the molecule is CCCCCC(=O)Nc1ccc(N2CCN(C(=O)C3CCCCC3)CC2)cc1. The van der Waals surface area contributed by atoms with Crippen LogP contribution >= 0.6 is 0 Å². The molecule has 5 nitrogen and oxygen atoms in total. The number of hydrogen-bond donors (Lipinski definition) is 1. The molecule has 1 aliphatic heterocycles. The van der Waals surface area contributed by atoms with Crippen LogP contribution in [0.25, 0.3) is 0 Å². The fourth-order valence-corrected chi connectivity index (χ4v) is 4.31. The van der Waals surface area contributed by atoms with Gasteiger partial charge in [-0.15, -0.1) is 0 Å². The lowest BCUT2D eigenvalue weighted by Crippen LogP contribution is -2.50. The molecule has 1 saturated carbocycles. The Balaban J connectivity index is 1.45. The lowest BCUT2D eigenvalue weighted by molar-refractivity contribution is -0.136. The smallest absolute Gasteiger partial charge is 0.225 e. The van der Waals surface area contributed by atoms with Crippen LogP contribution in [0.3, 0.4) is 0 Å². The van der Waals surface area contributed by atoms with Gasteiger partial charge in [-0.3, -0.25) is 9.59 Å². The molecule has 5 heteroatoms. The number of nitrogens with zero attached hydrogens (tertiary/aromatic N) is 2. The number of piperazine rings is 1. The summed E-state index contributed by atoms with van der Waals surface area (Å²) in [7, 11) is 0. The number of benzene rings is 1. The minimum Gasteiger partial charge on any atom is -0.368 e. The summed E-state index contributed by atoms with van der Waals surface area (Å²) in [4.78, 5) is 29.0. The predicted molar refractivity (Wildman–Crippen MR) is 115 cm³/mol. The van der Waals surface area contributed by atoms with Gasteiger partial charge < -0.3 is 15.1 Å². The van der Waals surface area contributed by atoms with E-state index in [1.54, 1.807) is 0 Å². The molecule has 3 rings (SSSR count). The highest BCUT2D eigenvalue weighted by Gasteiger charge is 2.28. The molecule has 154 valence electrons. The van der Waals surface area contributed by atoms with E-state index in [1.165, 1.54) is 19.3 Å². The average molecular weight is 386 g/mol. The lowest BCUT2D eigenvalue weighted by atomic mass is 9.88. The van der Waals surface area contributed by atoms with E-state index in [-0.39, 0.29) is 11.8 Å². The van der Waals surface area contributed by atoms with Crippen LogP contribution in [0.1, 0.15) is 64.7 Å². The van der Waals surface area contributed by atoms with E-state index in [2.05, 4.69) is 34.2 Å². The number of amides is 2. The zero-order valence-electron chi connectivity index (χ0n) is 17.3. The Hall–Kier alpha value is -2.04. The van der Waals surface area contributed by atoms with Gasteiger partial charge in [-0.1, -0.05) is 39.0 Å². The zero-order valence-corrected chi connectivity index (χ0v) is 17.3. The van der Waals surface area contributed by atoms with Crippen molar-refractivity contribution in [1.82, 2.24) is 4.90 Å². The van der Waals surface area contributed by atoms with Crippen LogP contribution in [0.5, 0.6) is 0 Å². The summed E-state index contributed by atoms with van der Waals surface area (Å²) in [6, 6.07) is 8.10. The van der Waals surface area contributed by atoms with Gasteiger partial charge >= 0.3 is 0 Å². The fraction of sp³-hybridized carbons (Fsp3) is 0.652. The summed E-state index contributed by atoms with van der Waals surface area (Å²) in [6.45, 7) is 5.52. The molecule has 1 aromatic rings. The second-order valence-electron chi connectivity index (χ2n) is 8.20. The lowest BCUT2D eigenvalue weighted by Gasteiger charge is -2.38. The first-order valence-electron chi connectivity index (χ1n) is 11.1. The average Bonchev–Trinajstić information content (AvgIpc) is 2.75. The number of nitrogens with one attached hydrogen (secondary N) is 1. The van der Waals surface area contributed by atoms with Gasteiger partial charge in [0.15, 0.2) is 0 Å². The van der Waals surface area contributed by atoms with Crippen LogP contribution in [0.4, 0.5) is 11.4 Å². The minimum absolute atomic E-state index is 0.0936. The molecule has 2 amide bonds. The van der Waals surface area contributed by atoms with Gasteiger partial charge in [-0.25, -0.2) is 0 Å². The highest BCUT2D eigenvalue weighted by atomic mass is 16.2. The molecule has 2 aliphatic rings. The van der Waals surface area contributed by atoms with Crippen LogP contribution in [0.15, 0.2) is 24.3 Å². The van der Waals surface area contributed by atoms with Crippen LogP contribution in [-0.2, 0) is 9.59 Å². The van der Waals surface area contributed by atoms with Gasteiger partial charge in [0.2, 0.25) is 11.8 Å². The number of rotatable bonds is 7. The molecular formula is C23H35N3O2. The quantitative estimate of drug-likeness (QED) is 0.706. The molecular weight excluding hydrogens is 350 g/mol. The van der Waals surface area contributed by atoms with E-state index in [4.69, 9.17) is 0 Å². The van der Waals surface area contributed by atoms with Gasteiger partial charge in [0.1, 0.15) is 0 Å². The number of unbranched alkanes of at least 4 members (excludes halogenated alkanes) is 2. The summed E-state index contributed by atoms with van der Waals surface area (Å²) in [6.07, 6.45) is 9.61. The number of hydrogen-bond acceptors (Lipinski definition) is 3. The van der Waals surface area contributed by atoms with Gasteiger partial charge in [-0.05, 0) is 43.5 Å². The predicted octanol–water partition coefficient (Wildman–Crippen LogP) is 4.43. The van der Waals surface area contributed by atoms with E-state index < -0.39 is 0 Å². The first kappa shape index (κ1) is 20.7. The molecule has 0 spiro atoms. The Bertz CT molecular complexity index is 630. The van der Waals surface area contributed by atoms with E-state index in [9.17, 15) is 9.59 Å². The van der Waals surface area contributed by atoms with Crippen molar-refractivity contribution in [2.24, 2.45) is 5.92 Å². The molecule has 2 fully saturated rings. The van der Waals surface area contributed by atoms with Crippen LogP contribution < -0.4 is 10.2 Å². The summed E-state index contributed by atoms with van der Waals surface area (Å²) in [5.74, 6) is 0.733. The number of carbonyl (C=O) groups is 2. The second kappa shape index (κ2) is 10.5. The normalized spacial score (nSPS) is 18.2. The first-order chi connectivity index (χ1) is 13.7. The Kier molecular flexibility index (Phi) is 7.75. The number of anilines is 2. The molecule has 28 heavy (non-hydrogen) atoms. The summed E-state index contributed by atoms with van der Waals surface area (Å²) < 4.78 is 0. The van der Waals surface area contributed by atoms with Crippen molar-refractivity contribution in [2.45, 2.75) is 64.7 Å². The summed E-state index contributed by atoms with van der Waals surface area (Å²) >= 11 is 0. The third kappa shape index (κ3) is 5.73. The van der Waals surface area contributed by atoms with E-state index in [0.717, 1.165) is 69.7 Å². The van der Waals surface area contributed by atoms with Crippen LogP contribution in [0, 0.1) is 5.92 Å². The Morgan fingerprint density at radius 1 is 0.964 bits per heavy atom. The standard InChI is InChI=1S/C23H35N3O2/c1-2-3-5-10-22(27)24-20-11-13-21(14-12-20)25-15-17-26(18-16-25)23(28)19-8-6-4-7-9-19/h11-14,19H,2-10,15-18H2,1H3,(H,24,27). The number of carbonyl (C=O) groups excluding carboxylic acids is 2. The van der Waals surface area contributed by atoms with E-state index >= 15 is 0 Å². The minimum atomic E-state index is 0.0936. The van der Waals surface area contributed by atoms with Crippen molar-refractivity contribution < 1.29 is 9.59 Å². The van der Waals surface area contributed by atoms with Crippen molar-refractivity contribution in [3.8, 4) is 0 Å². The molecule has 0 unspecified atom stereocenters. The van der Waals surface area contributed by atoms with Crippen molar-refractivity contribution in [1.29, 1.82) is 0 Å². The molecule has 1 aromatic carbocycles. The fourth-order valence-electron chi connectivity index (χ4n) is 4.31. The highest BCUT2D eigenvalue weighted by molar-refractivity contribution is 5.90. The Labute approximate surface area is 169 Å². The second-order valence-corrected chi connectivity index (χ2v) is 8.20. The van der Waals surface area contributed by atoms with Crippen LogP contribution in [0.2, 0.25) is 0 Å². The van der Waals surface area contributed by atoms with E-state index in [0.29, 0.717) is 12.3 Å². The third-order valence-electron chi connectivity index (χ3n) is 6.07. The molecule has 0 aromatic heterocycles. The van der Waals surface area contributed by atoms with Crippen LogP contribution in [-0.4, -0.2) is 42.9 Å². The van der Waals surface area contributed by atoms with Gasteiger partial charge in [-0.2, -0.15) is 0 Å². The largest absolute Gasteiger partial charge is 0.368 e. The van der Waals surface area contributed by atoms with Gasteiger partial charge in [0, 0.05) is 49.9 Å². The van der Waals surface area contributed by atoms with Gasteiger partial charge in [0.25, 0.3) is 0 Å². The zero-order chi connectivity index (χ0) is 19.8. The molecule has 0 radical (unpaired) electrons. The maximum Gasteiger partial charge on any atom is 0.225 e. The summed E-state index contributed by atoms with van der Waals surface area (Å²) in [5, 5.41) is 2.98. The maximum atomic E-state index is 12.7. The first-order valence-corrected chi connectivity index (χ1v) is 11.1. The molecule has 1 heterocycles. The van der Waals surface area contributed by atoms with Gasteiger partial charge in [0.05, 0.1) is 0 Å². The molecule has 1 saturated heterocycles. The highest BCUT2D eigenvalue weighted by Crippen LogP contribution is 2.26. The third-order valence-corrected chi connectivity index (χ3v) is 6.07. The monoisotopic (exact) mass is 385 g/mol. The summed E-state index contributed by atoms with van der Waals surface area (Å²) in [5.41, 5.74) is 2.02. The molecule has 1 N–H and O–H groups in total. The topological polar surface area (TPSA) is 52.7 Å². The van der Waals surface area contributed by atoms with Crippen molar-refractivity contribution in [3.05, 3.63) is 24.3 Å². The van der Waals surface area contributed by atoms with Crippen molar-refractivity contribution >= 4 is 23.2 Å². The Morgan fingerprint density at radius 2 is 1.64 bits per heavy atom. The molecule has 0 bridgehead atoms. The molecule has 0 atom stereocenters. The van der Waals surface area contributed by atoms with Crippen molar-refractivity contribution in [2.75, 3.05) is 36.4 Å². The molecule has 1 aliphatic carbocycles. The van der Waals surface area contributed by atoms with Crippen molar-refractivity contribution in [3.63, 3.8) is 0 Å². The van der Waals surface area contributed by atoms with E-state index in [1.807, 2.05) is 12.1 Å². The maximum absolute atomic E-state index is 12.7.